The quantitative estimate of drug-likeness (QED) is 0.275. The number of fused-ring (bicyclic) bond motifs is 1. The van der Waals surface area contributed by atoms with Gasteiger partial charge in [0.15, 0.2) is 11.5 Å². The lowest BCUT2D eigenvalue weighted by Crippen LogP contribution is -2.16. The van der Waals surface area contributed by atoms with E-state index >= 15 is 0 Å². The molecule has 4 N–H and O–H groups in total. The number of H-pyrrole nitrogens is 1. The van der Waals surface area contributed by atoms with E-state index in [1.807, 2.05) is 0 Å². The Bertz CT molecular complexity index is 1630. The number of imidazole rings is 1. The number of carbonyl (C=O) groups excluding carboxylic acids is 1. The summed E-state index contributed by atoms with van der Waals surface area (Å²) >= 11 is 3.40. The van der Waals surface area contributed by atoms with E-state index in [1.165, 1.54) is 24.5 Å². The zero-order valence-corrected chi connectivity index (χ0v) is 20.0. The molecule has 0 aliphatic rings. The van der Waals surface area contributed by atoms with Gasteiger partial charge in [-0.2, -0.15) is 18.3 Å². The molecule has 0 spiro atoms. The minimum atomic E-state index is -4.69. The van der Waals surface area contributed by atoms with Crippen LogP contribution >= 0.6 is 15.9 Å². The molecule has 2 aromatic carbocycles. The molecule has 3 aromatic heterocycles. The highest BCUT2D eigenvalue weighted by Crippen LogP contribution is 2.40. The molecule has 5 rings (SSSR count). The number of primary amides is 1. The van der Waals surface area contributed by atoms with Crippen LogP contribution in [0.15, 0.2) is 59.7 Å². The van der Waals surface area contributed by atoms with E-state index in [4.69, 9.17) is 5.73 Å². The van der Waals surface area contributed by atoms with Gasteiger partial charge >= 0.3 is 6.18 Å². The molecular formula is C23H16BrF3N8O. The highest BCUT2D eigenvalue weighted by molar-refractivity contribution is 9.10. The zero-order valence-electron chi connectivity index (χ0n) is 18.4. The van der Waals surface area contributed by atoms with Crippen LogP contribution in [0.25, 0.3) is 28.0 Å². The Kier molecular flexibility index (Phi) is 5.71. The number of hydrogen-bond donors (Lipinski definition) is 3. The normalized spacial score (nSPS) is 11.7. The third kappa shape index (κ3) is 4.06. The minimum Gasteiger partial charge on any atom is -0.366 e. The molecule has 0 aliphatic carbocycles. The number of alkyl halides is 3. The Labute approximate surface area is 209 Å². The van der Waals surface area contributed by atoms with Crippen molar-refractivity contribution in [2.24, 2.45) is 5.73 Å². The summed E-state index contributed by atoms with van der Waals surface area (Å²) in [7, 11) is 0. The van der Waals surface area contributed by atoms with Crippen LogP contribution in [0.5, 0.6) is 0 Å². The number of hydrogen-bond acceptors (Lipinski definition) is 6. The lowest BCUT2D eigenvalue weighted by Gasteiger charge is -2.18. The fraction of sp³-hybridized carbons (Fsp3) is 0.0870. The molecule has 0 unspecified atom stereocenters. The average Bonchev–Trinajstić information content (AvgIpc) is 3.46. The lowest BCUT2D eigenvalue weighted by atomic mass is 9.92. The van der Waals surface area contributed by atoms with Crippen LogP contribution in [-0.2, 0) is 6.18 Å². The van der Waals surface area contributed by atoms with Crippen molar-refractivity contribution in [1.82, 2.24) is 29.7 Å². The summed E-state index contributed by atoms with van der Waals surface area (Å²) in [5.74, 6) is -0.129. The third-order valence-electron chi connectivity index (χ3n) is 5.56. The largest absolute Gasteiger partial charge is 0.417 e. The molecule has 0 saturated carbocycles. The number of rotatable bonds is 5. The fourth-order valence-corrected chi connectivity index (χ4v) is 4.34. The Morgan fingerprint density at radius 1 is 1.17 bits per heavy atom. The number of nitrogens with one attached hydrogen (secondary N) is 2. The number of nitrogens with two attached hydrogens (primary N) is 1. The molecule has 0 fully saturated rings. The molecule has 1 amide bonds. The van der Waals surface area contributed by atoms with Gasteiger partial charge in [0.2, 0.25) is 11.9 Å². The highest BCUT2D eigenvalue weighted by atomic mass is 79.9. The second-order valence-electron chi connectivity index (χ2n) is 7.80. The molecule has 9 nitrogen and oxygen atoms in total. The molecular weight excluding hydrogens is 541 g/mol. The molecule has 0 atom stereocenters. The average molecular weight is 557 g/mol. The third-order valence-corrected chi connectivity index (χ3v) is 6.14. The smallest absolute Gasteiger partial charge is 0.366 e. The SMILES string of the molecule is Cc1ccc(-c2c(C(N)=O)cccc2C(F)(F)F)cc1Nc1nccn1-c1ncnc2n[nH]c(Br)c12. The molecule has 0 saturated heterocycles. The predicted molar refractivity (Wildman–Crippen MR) is 130 cm³/mol. The van der Waals surface area contributed by atoms with E-state index in [0.29, 0.717) is 33.1 Å². The predicted octanol–water partition coefficient (Wildman–Crippen LogP) is 5.14. The number of nitrogens with zero attached hydrogens (tertiary/aromatic N) is 5. The monoisotopic (exact) mass is 556 g/mol. The van der Waals surface area contributed by atoms with Gasteiger partial charge in [0.1, 0.15) is 10.9 Å². The second-order valence-corrected chi connectivity index (χ2v) is 8.59. The summed E-state index contributed by atoms with van der Waals surface area (Å²) in [6, 6.07) is 8.04. The topological polar surface area (TPSA) is 127 Å². The van der Waals surface area contributed by atoms with E-state index in [1.54, 1.807) is 30.0 Å². The van der Waals surface area contributed by atoms with Crippen molar-refractivity contribution >= 4 is 44.5 Å². The Morgan fingerprint density at radius 2 is 1.97 bits per heavy atom. The molecule has 13 heteroatoms. The van der Waals surface area contributed by atoms with Crippen LogP contribution in [-0.4, -0.2) is 35.6 Å². The minimum absolute atomic E-state index is 0.171. The van der Waals surface area contributed by atoms with Crippen molar-refractivity contribution in [3.63, 3.8) is 0 Å². The van der Waals surface area contributed by atoms with Crippen LogP contribution in [0.3, 0.4) is 0 Å². The standard InChI is InChI=1S/C23H16BrF3N8O/c1-11-5-6-12(16-13(19(28)36)3-2-4-14(16)23(25,26)27)9-15(11)32-22-29-7-8-35(22)21-17-18(24)33-34-20(17)30-10-31-21/h2-10H,1H3,(H2,28,36)(H,29,32)(H,30,31,33,34). The maximum absolute atomic E-state index is 13.8. The summed E-state index contributed by atoms with van der Waals surface area (Å²) in [4.78, 5) is 24.8. The molecule has 182 valence electrons. The van der Waals surface area contributed by atoms with Crippen LogP contribution in [0, 0.1) is 6.92 Å². The molecule has 5 aromatic rings. The van der Waals surface area contributed by atoms with Gasteiger partial charge in [-0.1, -0.05) is 18.2 Å². The Balaban J connectivity index is 1.62. The molecule has 0 bridgehead atoms. The van der Waals surface area contributed by atoms with Crippen LogP contribution in [0.4, 0.5) is 24.8 Å². The number of benzene rings is 2. The Morgan fingerprint density at radius 3 is 2.72 bits per heavy atom. The maximum atomic E-state index is 13.8. The van der Waals surface area contributed by atoms with Crippen LogP contribution < -0.4 is 11.1 Å². The first kappa shape index (κ1) is 23.5. The summed E-state index contributed by atoms with van der Waals surface area (Å²) < 4.78 is 43.7. The van der Waals surface area contributed by atoms with Crippen LogP contribution in [0.2, 0.25) is 0 Å². The molecule has 0 radical (unpaired) electrons. The highest BCUT2D eigenvalue weighted by Gasteiger charge is 2.35. The van der Waals surface area contributed by atoms with Gasteiger partial charge in [-0.15, -0.1) is 0 Å². The number of anilines is 2. The fourth-order valence-electron chi connectivity index (χ4n) is 3.89. The van der Waals surface area contributed by atoms with Crippen LogP contribution in [0.1, 0.15) is 21.5 Å². The number of aryl methyl sites for hydroxylation is 1. The van der Waals surface area contributed by atoms with E-state index in [0.717, 1.165) is 17.7 Å². The summed E-state index contributed by atoms with van der Waals surface area (Å²) in [5, 5.41) is 10.7. The Hall–Kier alpha value is -4.26. The first-order chi connectivity index (χ1) is 17.1. The maximum Gasteiger partial charge on any atom is 0.417 e. The summed E-state index contributed by atoms with van der Waals surface area (Å²) in [6.45, 7) is 1.79. The zero-order chi connectivity index (χ0) is 25.6. The second kappa shape index (κ2) is 8.75. The number of aromatic amines is 1. The lowest BCUT2D eigenvalue weighted by molar-refractivity contribution is -0.137. The molecule has 36 heavy (non-hydrogen) atoms. The van der Waals surface area contributed by atoms with Crippen molar-refractivity contribution in [2.75, 3.05) is 5.32 Å². The van der Waals surface area contributed by atoms with E-state index in [9.17, 15) is 18.0 Å². The van der Waals surface area contributed by atoms with Gasteiger partial charge in [-0.25, -0.2) is 15.0 Å². The van der Waals surface area contributed by atoms with Crippen molar-refractivity contribution in [1.29, 1.82) is 0 Å². The van der Waals surface area contributed by atoms with Gasteiger partial charge in [0.25, 0.3) is 0 Å². The number of aromatic nitrogens is 6. The van der Waals surface area contributed by atoms with E-state index in [2.05, 4.69) is 46.4 Å². The van der Waals surface area contributed by atoms with Gasteiger partial charge in [0.05, 0.1) is 10.9 Å². The van der Waals surface area contributed by atoms with Crippen molar-refractivity contribution < 1.29 is 18.0 Å². The molecule has 0 aliphatic heterocycles. The van der Waals surface area contributed by atoms with Crippen molar-refractivity contribution in [3.05, 3.63) is 76.4 Å². The van der Waals surface area contributed by atoms with Gasteiger partial charge in [0, 0.05) is 29.2 Å². The number of halogens is 4. The summed E-state index contributed by atoms with van der Waals surface area (Å²) in [5.41, 5.74) is 5.76. The van der Waals surface area contributed by atoms with E-state index < -0.39 is 17.6 Å². The van der Waals surface area contributed by atoms with E-state index in [-0.39, 0.29) is 16.7 Å². The van der Waals surface area contributed by atoms with Crippen molar-refractivity contribution in [3.8, 4) is 16.9 Å². The number of amides is 1. The summed E-state index contributed by atoms with van der Waals surface area (Å²) in [6.07, 6.45) is -0.105. The van der Waals surface area contributed by atoms with Crippen molar-refractivity contribution in [2.45, 2.75) is 13.1 Å². The first-order valence-electron chi connectivity index (χ1n) is 10.4. The molecule has 3 heterocycles. The van der Waals surface area contributed by atoms with Gasteiger partial charge in [-0.3, -0.25) is 14.5 Å². The number of carbonyl (C=O) groups is 1. The van der Waals surface area contributed by atoms with Gasteiger partial charge in [-0.05, 0) is 52.2 Å². The first-order valence-corrected chi connectivity index (χ1v) is 11.2. The van der Waals surface area contributed by atoms with Gasteiger partial charge < -0.3 is 11.1 Å².